The number of hydroxylamine groups is 1. The summed E-state index contributed by atoms with van der Waals surface area (Å²) < 4.78 is 5.56. The van der Waals surface area contributed by atoms with E-state index in [4.69, 9.17) is 9.57 Å². The highest BCUT2D eigenvalue weighted by Gasteiger charge is 2.40. The summed E-state index contributed by atoms with van der Waals surface area (Å²) in [6.07, 6.45) is -0.339. The molecular weight excluding hydrogens is 436 g/mol. The van der Waals surface area contributed by atoms with Crippen molar-refractivity contribution in [1.82, 2.24) is 10.8 Å². The molecule has 2 amide bonds. The number of benzene rings is 2. The molecule has 4 rings (SSSR count). The van der Waals surface area contributed by atoms with Gasteiger partial charge in [0, 0.05) is 5.92 Å². The standard InChI is InChI=1S/C26H30N2O6/c1-26(2,3)22(23(29)28-34-21(24(30)31)15-12-13-15)27-25(32)33-14-20-18-10-6-4-8-16(18)17-9-5-7-11-19(17)20/h4-11,15,20-22H,12-14H2,1-3H3,(H,27,32)(H,28,29)(H,30,31)/t21?,22-/m0/s1. The number of amides is 2. The highest BCUT2D eigenvalue weighted by atomic mass is 16.7. The van der Waals surface area contributed by atoms with Gasteiger partial charge in [-0.15, -0.1) is 0 Å². The lowest BCUT2D eigenvalue weighted by atomic mass is 9.86. The highest BCUT2D eigenvalue weighted by Crippen LogP contribution is 2.44. The third-order valence-corrected chi connectivity index (χ3v) is 6.31. The second-order valence-corrected chi connectivity index (χ2v) is 9.95. The van der Waals surface area contributed by atoms with Crippen LogP contribution in [0.5, 0.6) is 0 Å². The van der Waals surface area contributed by atoms with Crippen LogP contribution in [0.2, 0.25) is 0 Å². The minimum Gasteiger partial charge on any atom is -0.479 e. The number of fused-ring (bicyclic) bond motifs is 3. The van der Waals surface area contributed by atoms with E-state index in [0.717, 1.165) is 35.1 Å². The molecule has 0 radical (unpaired) electrons. The molecular formula is C26H30N2O6. The fraction of sp³-hybridized carbons (Fsp3) is 0.423. The Morgan fingerprint density at radius 3 is 2.06 bits per heavy atom. The Morgan fingerprint density at radius 2 is 1.56 bits per heavy atom. The third kappa shape index (κ3) is 5.07. The third-order valence-electron chi connectivity index (χ3n) is 6.31. The number of carboxylic acid groups (broad SMARTS) is 1. The van der Waals surface area contributed by atoms with Gasteiger partial charge in [-0.1, -0.05) is 69.3 Å². The topological polar surface area (TPSA) is 114 Å². The average Bonchev–Trinajstić information content (AvgIpc) is 3.57. The van der Waals surface area contributed by atoms with E-state index in [-0.39, 0.29) is 18.4 Å². The number of hydrogen-bond donors (Lipinski definition) is 3. The molecule has 1 unspecified atom stereocenters. The maximum Gasteiger partial charge on any atom is 0.407 e. The number of carbonyl (C=O) groups excluding carboxylic acids is 2. The number of hydrogen-bond acceptors (Lipinski definition) is 5. The molecule has 2 atom stereocenters. The summed E-state index contributed by atoms with van der Waals surface area (Å²) in [5, 5.41) is 11.9. The zero-order valence-corrected chi connectivity index (χ0v) is 19.5. The molecule has 2 aromatic rings. The van der Waals surface area contributed by atoms with Crippen molar-refractivity contribution in [2.24, 2.45) is 11.3 Å². The molecule has 1 saturated carbocycles. The number of carboxylic acids is 1. The lowest BCUT2D eigenvalue weighted by Crippen LogP contribution is -2.54. The normalized spacial score (nSPS) is 16.7. The van der Waals surface area contributed by atoms with Gasteiger partial charge in [0.2, 0.25) is 0 Å². The predicted octanol–water partition coefficient (Wildman–Crippen LogP) is 3.85. The summed E-state index contributed by atoms with van der Waals surface area (Å²) in [4.78, 5) is 42.0. The summed E-state index contributed by atoms with van der Waals surface area (Å²) in [6, 6.07) is 15.1. The van der Waals surface area contributed by atoms with Crippen molar-refractivity contribution in [3.63, 3.8) is 0 Å². The largest absolute Gasteiger partial charge is 0.479 e. The number of rotatable bonds is 8. The average molecular weight is 467 g/mol. The maximum absolute atomic E-state index is 12.8. The molecule has 3 N–H and O–H groups in total. The summed E-state index contributed by atoms with van der Waals surface area (Å²) in [5.74, 6) is -1.97. The molecule has 8 nitrogen and oxygen atoms in total. The van der Waals surface area contributed by atoms with E-state index in [9.17, 15) is 19.5 Å². The monoisotopic (exact) mass is 466 g/mol. The number of aliphatic carboxylic acids is 1. The second kappa shape index (κ2) is 9.46. The van der Waals surface area contributed by atoms with E-state index in [0.29, 0.717) is 0 Å². The minimum atomic E-state index is -1.13. The second-order valence-electron chi connectivity index (χ2n) is 9.95. The van der Waals surface area contributed by atoms with Gasteiger partial charge >= 0.3 is 12.1 Å². The van der Waals surface area contributed by atoms with Crippen LogP contribution in [-0.2, 0) is 19.2 Å². The van der Waals surface area contributed by atoms with Crippen LogP contribution in [0.1, 0.15) is 50.7 Å². The lowest BCUT2D eigenvalue weighted by molar-refractivity contribution is -0.163. The van der Waals surface area contributed by atoms with E-state index in [1.54, 1.807) is 20.8 Å². The van der Waals surface area contributed by atoms with Gasteiger partial charge in [0.25, 0.3) is 5.91 Å². The number of ether oxygens (including phenoxy) is 1. The van der Waals surface area contributed by atoms with E-state index in [1.165, 1.54) is 0 Å². The molecule has 0 heterocycles. The van der Waals surface area contributed by atoms with Gasteiger partial charge in [0.05, 0.1) is 0 Å². The van der Waals surface area contributed by atoms with Crippen LogP contribution in [-0.4, -0.2) is 41.8 Å². The van der Waals surface area contributed by atoms with Gasteiger partial charge in [-0.3, -0.25) is 9.63 Å². The highest BCUT2D eigenvalue weighted by molar-refractivity contribution is 5.86. The zero-order chi connectivity index (χ0) is 24.5. The van der Waals surface area contributed by atoms with Crippen molar-refractivity contribution in [2.75, 3.05) is 6.61 Å². The smallest absolute Gasteiger partial charge is 0.407 e. The summed E-state index contributed by atoms with van der Waals surface area (Å²) in [5.41, 5.74) is 6.00. The number of carbonyl (C=O) groups is 3. The fourth-order valence-corrected chi connectivity index (χ4v) is 4.36. The molecule has 0 aromatic heterocycles. The molecule has 2 aliphatic rings. The van der Waals surface area contributed by atoms with Gasteiger partial charge in [-0.2, -0.15) is 0 Å². The van der Waals surface area contributed by atoms with Gasteiger partial charge in [-0.05, 0) is 46.4 Å². The SMILES string of the molecule is CC(C)(C)[C@@H](NC(=O)OCC1c2ccccc2-c2ccccc21)C(=O)NOC(C(=O)O)C1CC1. The minimum absolute atomic E-state index is 0.0988. The molecule has 34 heavy (non-hydrogen) atoms. The van der Waals surface area contributed by atoms with Crippen LogP contribution < -0.4 is 10.8 Å². The van der Waals surface area contributed by atoms with Crippen molar-refractivity contribution in [1.29, 1.82) is 0 Å². The molecule has 8 heteroatoms. The van der Waals surface area contributed by atoms with Crippen molar-refractivity contribution in [2.45, 2.75) is 51.7 Å². The first kappa shape index (κ1) is 23.8. The van der Waals surface area contributed by atoms with E-state index < -0.39 is 35.5 Å². The van der Waals surface area contributed by atoms with Crippen molar-refractivity contribution < 1.29 is 29.1 Å². The Morgan fingerprint density at radius 1 is 1.00 bits per heavy atom. The first-order valence-electron chi connectivity index (χ1n) is 11.5. The molecule has 180 valence electrons. The van der Waals surface area contributed by atoms with Crippen LogP contribution in [0, 0.1) is 11.3 Å². The Balaban J connectivity index is 1.39. The lowest BCUT2D eigenvalue weighted by Gasteiger charge is -2.30. The Kier molecular flexibility index (Phi) is 6.61. The molecule has 1 fully saturated rings. The maximum atomic E-state index is 12.8. The first-order valence-corrected chi connectivity index (χ1v) is 11.5. The summed E-state index contributed by atoms with van der Waals surface area (Å²) in [7, 11) is 0. The van der Waals surface area contributed by atoms with Gasteiger partial charge < -0.3 is 15.2 Å². The van der Waals surface area contributed by atoms with Crippen molar-refractivity contribution >= 4 is 18.0 Å². The molecule has 0 aliphatic heterocycles. The Bertz CT molecular complexity index is 1040. The van der Waals surface area contributed by atoms with Crippen LogP contribution in [0.4, 0.5) is 4.79 Å². The molecule has 2 aliphatic carbocycles. The summed E-state index contributed by atoms with van der Waals surface area (Å²) in [6.45, 7) is 5.49. The molecule has 0 spiro atoms. The van der Waals surface area contributed by atoms with E-state index >= 15 is 0 Å². The van der Waals surface area contributed by atoms with Crippen molar-refractivity contribution in [3.8, 4) is 11.1 Å². The first-order chi connectivity index (χ1) is 16.2. The quantitative estimate of drug-likeness (QED) is 0.509. The Labute approximate surface area is 198 Å². The number of alkyl carbamates (subject to hydrolysis) is 1. The van der Waals surface area contributed by atoms with Crippen LogP contribution in [0.3, 0.4) is 0 Å². The van der Waals surface area contributed by atoms with Crippen LogP contribution in [0.15, 0.2) is 48.5 Å². The van der Waals surface area contributed by atoms with Crippen LogP contribution >= 0.6 is 0 Å². The summed E-state index contributed by atoms with van der Waals surface area (Å²) >= 11 is 0. The predicted molar refractivity (Wildman–Crippen MR) is 125 cm³/mol. The molecule has 0 saturated heterocycles. The van der Waals surface area contributed by atoms with E-state index in [1.807, 2.05) is 36.4 Å². The fourth-order valence-electron chi connectivity index (χ4n) is 4.36. The van der Waals surface area contributed by atoms with Crippen LogP contribution in [0.25, 0.3) is 11.1 Å². The number of nitrogens with one attached hydrogen (secondary N) is 2. The van der Waals surface area contributed by atoms with Crippen molar-refractivity contribution in [3.05, 3.63) is 59.7 Å². The molecule has 2 aromatic carbocycles. The van der Waals surface area contributed by atoms with E-state index in [2.05, 4.69) is 22.9 Å². The Hall–Kier alpha value is -3.39. The molecule has 0 bridgehead atoms. The van der Waals surface area contributed by atoms with Gasteiger partial charge in [0.15, 0.2) is 6.10 Å². The van der Waals surface area contributed by atoms with Gasteiger partial charge in [0.1, 0.15) is 12.6 Å². The van der Waals surface area contributed by atoms with Gasteiger partial charge in [-0.25, -0.2) is 15.1 Å². The zero-order valence-electron chi connectivity index (χ0n) is 19.5.